The molecule has 0 radical (unpaired) electrons. The van der Waals surface area contributed by atoms with Crippen molar-refractivity contribution in [2.24, 2.45) is 0 Å². The molecule has 5 nitrogen and oxygen atoms in total. The van der Waals surface area contributed by atoms with Crippen LogP contribution in [0.4, 0.5) is 10.5 Å². The first-order chi connectivity index (χ1) is 10.1. The number of anilines is 1. The number of hydrogen-bond acceptors (Lipinski definition) is 3. The van der Waals surface area contributed by atoms with Crippen molar-refractivity contribution in [2.45, 2.75) is 13.0 Å². The summed E-state index contributed by atoms with van der Waals surface area (Å²) in [4.78, 5) is 24.5. The number of rotatable bonds is 3. The molecule has 21 heavy (non-hydrogen) atoms. The summed E-state index contributed by atoms with van der Waals surface area (Å²) in [6, 6.07) is 13.8. The second-order valence-corrected chi connectivity index (χ2v) is 5.08. The Morgan fingerprint density at radius 2 is 1.90 bits per heavy atom. The molecule has 2 amide bonds. The first-order valence-electron chi connectivity index (χ1n) is 6.85. The van der Waals surface area contributed by atoms with Crippen molar-refractivity contribution in [3.05, 3.63) is 42.5 Å². The number of carbonyl (C=O) groups excluding carboxylic acids is 2. The Balaban J connectivity index is 1.77. The summed E-state index contributed by atoms with van der Waals surface area (Å²) >= 11 is 0. The molecule has 0 unspecified atom stereocenters. The van der Waals surface area contributed by atoms with Crippen molar-refractivity contribution in [1.82, 2.24) is 5.32 Å². The third-order valence-electron chi connectivity index (χ3n) is 3.52. The SMILES string of the molecule is CC(=O)NC[C@H]1CN(c2ccc3cccc-3cc2)C(=O)O1. The van der Waals surface area contributed by atoms with Gasteiger partial charge in [-0.15, -0.1) is 0 Å². The minimum atomic E-state index is -0.378. The van der Waals surface area contributed by atoms with Crippen LogP contribution in [-0.2, 0) is 9.53 Å². The summed E-state index contributed by atoms with van der Waals surface area (Å²) in [5.41, 5.74) is 3.05. The van der Waals surface area contributed by atoms with E-state index in [1.165, 1.54) is 6.92 Å². The van der Waals surface area contributed by atoms with E-state index in [0.717, 1.165) is 16.8 Å². The van der Waals surface area contributed by atoms with Gasteiger partial charge in [-0.3, -0.25) is 9.69 Å². The summed E-state index contributed by atoms with van der Waals surface area (Å²) in [5, 5.41) is 2.67. The lowest BCUT2D eigenvalue weighted by molar-refractivity contribution is -0.119. The van der Waals surface area contributed by atoms with Crippen LogP contribution in [-0.4, -0.2) is 31.2 Å². The van der Waals surface area contributed by atoms with E-state index in [0.29, 0.717) is 13.1 Å². The van der Waals surface area contributed by atoms with E-state index in [1.807, 2.05) is 42.5 Å². The maximum Gasteiger partial charge on any atom is 0.414 e. The Kier molecular flexibility index (Phi) is 3.48. The lowest BCUT2D eigenvalue weighted by Crippen LogP contribution is -2.33. The summed E-state index contributed by atoms with van der Waals surface area (Å²) in [6.07, 6.45) is -0.693. The first-order valence-corrected chi connectivity index (χ1v) is 6.85. The Bertz CT molecular complexity index is 625. The van der Waals surface area contributed by atoms with Gasteiger partial charge in [0, 0.05) is 12.6 Å². The number of hydrogen-bond donors (Lipinski definition) is 1. The highest BCUT2D eigenvalue weighted by Gasteiger charge is 2.32. The fourth-order valence-corrected chi connectivity index (χ4v) is 2.43. The van der Waals surface area contributed by atoms with Gasteiger partial charge in [0.05, 0.1) is 13.1 Å². The molecule has 0 bridgehead atoms. The zero-order valence-corrected chi connectivity index (χ0v) is 11.7. The van der Waals surface area contributed by atoms with E-state index in [2.05, 4.69) is 5.32 Å². The van der Waals surface area contributed by atoms with E-state index >= 15 is 0 Å². The average Bonchev–Trinajstić information content (AvgIpc) is 2.99. The summed E-state index contributed by atoms with van der Waals surface area (Å²) in [6.45, 7) is 2.22. The second-order valence-electron chi connectivity index (χ2n) is 5.08. The fourth-order valence-electron chi connectivity index (χ4n) is 2.43. The molecule has 1 fully saturated rings. The van der Waals surface area contributed by atoms with E-state index in [-0.39, 0.29) is 18.1 Å². The van der Waals surface area contributed by atoms with Gasteiger partial charge in [-0.2, -0.15) is 0 Å². The van der Waals surface area contributed by atoms with Crippen LogP contribution in [0.1, 0.15) is 6.92 Å². The molecule has 0 saturated carbocycles. The Hall–Kier alpha value is -2.56. The van der Waals surface area contributed by atoms with Crippen LogP contribution in [0.2, 0.25) is 0 Å². The normalized spacial score (nSPS) is 17.9. The van der Waals surface area contributed by atoms with Gasteiger partial charge >= 0.3 is 6.09 Å². The van der Waals surface area contributed by atoms with Crippen molar-refractivity contribution in [3.8, 4) is 11.1 Å². The van der Waals surface area contributed by atoms with Crippen LogP contribution in [0.15, 0.2) is 42.5 Å². The molecule has 1 heterocycles. The minimum Gasteiger partial charge on any atom is -0.442 e. The molecule has 3 aliphatic rings. The first kappa shape index (κ1) is 13.4. The lowest BCUT2D eigenvalue weighted by Gasteiger charge is -2.11. The van der Waals surface area contributed by atoms with Gasteiger partial charge in [-0.25, -0.2) is 4.79 Å². The zero-order chi connectivity index (χ0) is 14.8. The number of ether oxygens (including phenoxy) is 1. The molecule has 108 valence electrons. The molecule has 3 rings (SSSR count). The zero-order valence-electron chi connectivity index (χ0n) is 11.7. The third kappa shape index (κ3) is 2.81. The highest BCUT2D eigenvalue weighted by Crippen LogP contribution is 2.26. The van der Waals surface area contributed by atoms with Gasteiger partial charge < -0.3 is 10.1 Å². The van der Waals surface area contributed by atoms with Gasteiger partial charge in [0.2, 0.25) is 5.91 Å². The lowest BCUT2D eigenvalue weighted by atomic mass is 10.2. The number of nitrogens with one attached hydrogen (secondary N) is 1. The number of carbonyl (C=O) groups is 2. The maximum atomic E-state index is 12.0. The quantitative estimate of drug-likeness (QED) is 0.940. The molecule has 0 aromatic carbocycles. The molecular formula is C16H16N2O3. The fraction of sp³-hybridized carbons (Fsp3) is 0.250. The van der Waals surface area contributed by atoms with Crippen molar-refractivity contribution in [3.63, 3.8) is 0 Å². The monoisotopic (exact) mass is 284 g/mol. The van der Waals surface area contributed by atoms with Gasteiger partial charge in [0.25, 0.3) is 0 Å². The largest absolute Gasteiger partial charge is 0.442 e. The highest BCUT2D eigenvalue weighted by molar-refractivity contribution is 5.90. The van der Waals surface area contributed by atoms with Crippen molar-refractivity contribution < 1.29 is 14.3 Å². The van der Waals surface area contributed by atoms with Gasteiger partial charge in [-0.1, -0.05) is 30.3 Å². The number of amides is 2. The average molecular weight is 284 g/mol. The molecule has 0 spiro atoms. The summed E-state index contributed by atoms with van der Waals surface area (Å²) in [7, 11) is 0. The van der Waals surface area contributed by atoms with Crippen molar-refractivity contribution in [1.29, 1.82) is 0 Å². The van der Waals surface area contributed by atoms with Crippen LogP contribution < -0.4 is 10.2 Å². The second kappa shape index (κ2) is 5.44. The number of cyclic esters (lactones) is 1. The topological polar surface area (TPSA) is 58.6 Å². The molecule has 5 heteroatoms. The standard InChI is InChI=1S/C16H16N2O3/c1-11(19)17-9-15-10-18(16(20)21-15)14-7-5-12-3-2-4-13(12)6-8-14/h2-8,15H,9-10H2,1H3,(H,17,19)/t15-/m0/s1. The van der Waals surface area contributed by atoms with Gasteiger partial charge in [0.1, 0.15) is 6.10 Å². The smallest absolute Gasteiger partial charge is 0.414 e. The Morgan fingerprint density at radius 3 is 2.52 bits per heavy atom. The predicted octanol–water partition coefficient (Wildman–Crippen LogP) is 2.25. The van der Waals surface area contributed by atoms with Crippen LogP contribution in [0.3, 0.4) is 0 Å². The number of fused-ring (bicyclic) bond motifs is 1. The third-order valence-corrected chi connectivity index (χ3v) is 3.52. The summed E-state index contributed by atoms with van der Waals surface area (Å²) < 4.78 is 5.26. The molecule has 1 N–H and O–H groups in total. The van der Waals surface area contributed by atoms with E-state index < -0.39 is 0 Å². The van der Waals surface area contributed by atoms with Crippen LogP contribution in [0, 0.1) is 0 Å². The molecule has 1 atom stereocenters. The molecule has 0 aromatic rings. The van der Waals surface area contributed by atoms with Crippen LogP contribution >= 0.6 is 0 Å². The van der Waals surface area contributed by atoms with E-state index in [1.54, 1.807) is 4.90 Å². The van der Waals surface area contributed by atoms with Crippen molar-refractivity contribution >= 4 is 17.7 Å². The summed E-state index contributed by atoms with van der Waals surface area (Å²) in [5.74, 6) is -0.130. The predicted molar refractivity (Wildman–Crippen MR) is 79.4 cm³/mol. The molecule has 0 aromatic heterocycles. The van der Waals surface area contributed by atoms with Crippen LogP contribution in [0.5, 0.6) is 0 Å². The van der Waals surface area contributed by atoms with Gasteiger partial charge in [0.15, 0.2) is 0 Å². The van der Waals surface area contributed by atoms with Crippen molar-refractivity contribution in [2.75, 3.05) is 18.0 Å². The Labute approximate surface area is 122 Å². The molecule has 1 saturated heterocycles. The molecule has 1 aliphatic heterocycles. The Morgan fingerprint density at radius 1 is 1.24 bits per heavy atom. The maximum absolute atomic E-state index is 12.0. The van der Waals surface area contributed by atoms with E-state index in [4.69, 9.17) is 4.74 Å². The van der Waals surface area contributed by atoms with E-state index in [9.17, 15) is 9.59 Å². The van der Waals surface area contributed by atoms with Gasteiger partial charge in [-0.05, 0) is 23.3 Å². The molecule has 2 aliphatic carbocycles. The van der Waals surface area contributed by atoms with Crippen LogP contribution in [0.25, 0.3) is 11.1 Å². The minimum absolute atomic E-state index is 0.130. The number of nitrogens with zero attached hydrogens (tertiary/aromatic N) is 1. The highest BCUT2D eigenvalue weighted by atomic mass is 16.6. The molecular weight excluding hydrogens is 268 g/mol.